The molecule has 0 spiro atoms. The molecule has 0 aliphatic heterocycles. The normalized spacial score (nSPS) is 10.6. The van der Waals surface area contributed by atoms with Crippen LogP contribution in [0, 0.1) is 5.82 Å². The third-order valence-electron chi connectivity index (χ3n) is 1.98. The van der Waals surface area contributed by atoms with Crippen LogP contribution in [0.1, 0.15) is 5.56 Å². The monoisotopic (exact) mass is 229 g/mol. The molecule has 4 heteroatoms. The average molecular weight is 229 g/mol. The maximum Gasteiger partial charge on any atom is 0.123 e. The maximum atomic E-state index is 13.0. The van der Waals surface area contributed by atoms with Crippen molar-refractivity contribution < 1.29 is 9.13 Å². The van der Waals surface area contributed by atoms with Gasteiger partial charge in [0.2, 0.25) is 0 Å². The van der Waals surface area contributed by atoms with Crippen molar-refractivity contribution in [3.05, 3.63) is 29.6 Å². The molecule has 1 aromatic rings. The number of hydrogen-bond acceptors (Lipinski definition) is 3. The SMILES string of the molecule is COCCSc1ccc(F)cc1CCN. The van der Waals surface area contributed by atoms with Gasteiger partial charge in [-0.15, -0.1) is 11.8 Å². The third kappa shape index (κ3) is 4.20. The van der Waals surface area contributed by atoms with Crippen LogP contribution in [0.5, 0.6) is 0 Å². The second-order valence-electron chi connectivity index (χ2n) is 3.13. The average Bonchev–Trinajstić information content (AvgIpc) is 2.22. The summed E-state index contributed by atoms with van der Waals surface area (Å²) in [4.78, 5) is 1.10. The Morgan fingerprint density at radius 3 is 2.93 bits per heavy atom. The van der Waals surface area contributed by atoms with Crippen molar-refractivity contribution >= 4 is 11.8 Å². The highest BCUT2D eigenvalue weighted by molar-refractivity contribution is 7.99. The number of halogens is 1. The van der Waals surface area contributed by atoms with Crippen molar-refractivity contribution in [2.24, 2.45) is 5.73 Å². The van der Waals surface area contributed by atoms with Crippen LogP contribution in [-0.2, 0) is 11.2 Å². The number of ether oxygens (including phenoxy) is 1. The predicted molar refractivity (Wildman–Crippen MR) is 61.8 cm³/mol. The number of hydrogen-bond donors (Lipinski definition) is 1. The van der Waals surface area contributed by atoms with Gasteiger partial charge in [0.25, 0.3) is 0 Å². The van der Waals surface area contributed by atoms with Gasteiger partial charge in [0.1, 0.15) is 5.82 Å². The van der Waals surface area contributed by atoms with E-state index in [1.165, 1.54) is 6.07 Å². The second-order valence-corrected chi connectivity index (χ2v) is 4.27. The fraction of sp³-hybridized carbons (Fsp3) is 0.455. The molecule has 0 saturated heterocycles. The van der Waals surface area contributed by atoms with E-state index in [9.17, 15) is 4.39 Å². The van der Waals surface area contributed by atoms with Gasteiger partial charge in [0.15, 0.2) is 0 Å². The van der Waals surface area contributed by atoms with Crippen LogP contribution < -0.4 is 5.73 Å². The zero-order valence-corrected chi connectivity index (χ0v) is 9.65. The summed E-state index contributed by atoms with van der Waals surface area (Å²) in [5.41, 5.74) is 6.46. The largest absolute Gasteiger partial charge is 0.384 e. The molecule has 15 heavy (non-hydrogen) atoms. The van der Waals surface area contributed by atoms with E-state index in [0.717, 1.165) is 16.2 Å². The Hall–Kier alpha value is -0.580. The maximum absolute atomic E-state index is 13.0. The summed E-state index contributed by atoms with van der Waals surface area (Å²) in [6.45, 7) is 1.24. The molecule has 0 fully saturated rings. The van der Waals surface area contributed by atoms with Crippen LogP contribution in [0.4, 0.5) is 4.39 Å². The first-order chi connectivity index (χ1) is 7.27. The Morgan fingerprint density at radius 2 is 2.27 bits per heavy atom. The van der Waals surface area contributed by atoms with Crippen molar-refractivity contribution in [1.29, 1.82) is 0 Å². The minimum atomic E-state index is -0.199. The van der Waals surface area contributed by atoms with Crippen LogP contribution >= 0.6 is 11.8 Å². The van der Waals surface area contributed by atoms with Crippen molar-refractivity contribution in [3.63, 3.8) is 0 Å². The Bertz CT molecular complexity index is 307. The lowest BCUT2D eigenvalue weighted by atomic mass is 10.1. The molecule has 0 aliphatic rings. The van der Waals surface area contributed by atoms with Gasteiger partial charge in [-0.3, -0.25) is 0 Å². The van der Waals surface area contributed by atoms with Gasteiger partial charge in [0.05, 0.1) is 6.61 Å². The summed E-state index contributed by atoms with van der Waals surface area (Å²) in [6, 6.07) is 4.85. The summed E-state index contributed by atoms with van der Waals surface area (Å²) in [6.07, 6.45) is 0.715. The van der Waals surface area contributed by atoms with Gasteiger partial charge in [-0.05, 0) is 36.7 Å². The highest BCUT2D eigenvalue weighted by Crippen LogP contribution is 2.23. The van der Waals surface area contributed by atoms with Crippen LogP contribution in [0.25, 0.3) is 0 Å². The molecule has 0 bridgehead atoms. The molecule has 0 unspecified atom stereocenters. The molecule has 0 amide bonds. The van der Waals surface area contributed by atoms with Gasteiger partial charge in [-0.1, -0.05) is 0 Å². The molecule has 2 nitrogen and oxygen atoms in total. The first kappa shape index (κ1) is 12.5. The Labute approximate surface area is 94.0 Å². The van der Waals surface area contributed by atoms with Crippen molar-refractivity contribution in [3.8, 4) is 0 Å². The number of methoxy groups -OCH3 is 1. The Morgan fingerprint density at radius 1 is 1.47 bits per heavy atom. The summed E-state index contributed by atoms with van der Waals surface area (Å²) in [5, 5.41) is 0. The molecular weight excluding hydrogens is 213 g/mol. The number of thioether (sulfide) groups is 1. The molecule has 0 saturated carbocycles. The molecule has 1 rings (SSSR count). The molecular formula is C11H16FNOS. The van der Waals surface area contributed by atoms with E-state index in [4.69, 9.17) is 10.5 Å². The molecule has 2 N–H and O–H groups in total. The van der Waals surface area contributed by atoms with Crippen LogP contribution in [0.2, 0.25) is 0 Å². The van der Waals surface area contributed by atoms with E-state index in [0.29, 0.717) is 19.6 Å². The summed E-state index contributed by atoms with van der Waals surface area (Å²) < 4.78 is 18.0. The van der Waals surface area contributed by atoms with E-state index in [1.54, 1.807) is 31.0 Å². The van der Waals surface area contributed by atoms with Gasteiger partial charge in [-0.25, -0.2) is 4.39 Å². The molecule has 84 valence electrons. The van der Waals surface area contributed by atoms with Crippen molar-refractivity contribution in [2.45, 2.75) is 11.3 Å². The van der Waals surface area contributed by atoms with E-state index in [-0.39, 0.29) is 5.82 Å². The first-order valence-electron chi connectivity index (χ1n) is 4.88. The summed E-state index contributed by atoms with van der Waals surface area (Å²) in [5.74, 6) is 0.675. The van der Waals surface area contributed by atoms with E-state index < -0.39 is 0 Å². The van der Waals surface area contributed by atoms with Crippen molar-refractivity contribution in [2.75, 3.05) is 26.0 Å². The Balaban J connectivity index is 2.67. The number of benzene rings is 1. The van der Waals surface area contributed by atoms with Crippen molar-refractivity contribution in [1.82, 2.24) is 0 Å². The quantitative estimate of drug-likeness (QED) is 0.599. The van der Waals surface area contributed by atoms with Gasteiger partial charge in [-0.2, -0.15) is 0 Å². The predicted octanol–water partition coefficient (Wildman–Crippen LogP) is 2.07. The van der Waals surface area contributed by atoms with Gasteiger partial charge >= 0.3 is 0 Å². The number of nitrogens with two attached hydrogens (primary N) is 1. The lowest BCUT2D eigenvalue weighted by Gasteiger charge is -2.08. The fourth-order valence-corrected chi connectivity index (χ4v) is 2.26. The molecule has 1 aromatic carbocycles. The minimum absolute atomic E-state index is 0.199. The first-order valence-corrected chi connectivity index (χ1v) is 5.86. The highest BCUT2D eigenvalue weighted by Gasteiger charge is 2.04. The molecule has 0 heterocycles. The van der Waals surface area contributed by atoms with Crippen LogP contribution in [0.3, 0.4) is 0 Å². The summed E-state index contributed by atoms with van der Waals surface area (Å²) >= 11 is 1.67. The highest BCUT2D eigenvalue weighted by atomic mass is 32.2. The van der Waals surface area contributed by atoms with Crippen LogP contribution in [0.15, 0.2) is 23.1 Å². The molecule has 0 atom stereocenters. The molecule has 0 aromatic heterocycles. The van der Waals surface area contributed by atoms with E-state index >= 15 is 0 Å². The smallest absolute Gasteiger partial charge is 0.123 e. The standard InChI is InChI=1S/C11H16FNOS/c1-14-6-7-15-11-3-2-10(12)8-9(11)4-5-13/h2-3,8H,4-7,13H2,1H3. The zero-order valence-electron chi connectivity index (χ0n) is 8.83. The fourth-order valence-electron chi connectivity index (χ4n) is 1.27. The lowest BCUT2D eigenvalue weighted by molar-refractivity contribution is 0.218. The number of rotatable bonds is 6. The lowest BCUT2D eigenvalue weighted by Crippen LogP contribution is -2.04. The minimum Gasteiger partial charge on any atom is -0.384 e. The Kier molecular flexibility index (Phi) is 5.68. The van der Waals surface area contributed by atoms with Crippen LogP contribution in [-0.4, -0.2) is 26.0 Å². The van der Waals surface area contributed by atoms with Gasteiger partial charge in [0, 0.05) is 17.8 Å². The topological polar surface area (TPSA) is 35.2 Å². The zero-order chi connectivity index (χ0) is 11.1. The molecule has 0 aliphatic carbocycles. The molecule has 0 radical (unpaired) electrons. The van der Waals surface area contributed by atoms with E-state index in [1.807, 2.05) is 0 Å². The van der Waals surface area contributed by atoms with E-state index in [2.05, 4.69) is 0 Å². The van der Waals surface area contributed by atoms with Gasteiger partial charge < -0.3 is 10.5 Å². The second kappa shape index (κ2) is 6.82. The third-order valence-corrected chi connectivity index (χ3v) is 3.06. The summed E-state index contributed by atoms with van der Waals surface area (Å²) in [7, 11) is 1.67.